The van der Waals surface area contributed by atoms with E-state index >= 15 is 0 Å². The lowest BCUT2D eigenvalue weighted by Gasteiger charge is -2.26. The summed E-state index contributed by atoms with van der Waals surface area (Å²) in [5.41, 5.74) is 5.60. The highest BCUT2D eigenvalue weighted by Gasteiger charge is 2.24. The Morgan fingerprint density at radius 3 is 2.50 bits per heavy atom. The molecule has 1 aromatic rings. The first-order chi connectivity index (χ1) is 10.2. The van der Waals surface area contributed by atoms with Crippen LogP contribution in [0, 0.1) is 0 Å². The maximum absolute atomic E-state index is 12.3. The summed E-state index contributed by atoms with van der Waals surface area (Å²) in [5, 5.41) is 2.69. The van der Waals surface area contributed by atoms with Crippen molar-refractivity contribution in [2.75, 3.05) is 13.1 Å². The first-order valence-electron chi connectivity index (χ1n) is 7.34. The Labute approximate surface area is 136 Å². The fourth-order valence-corrected chi connectivity index (χ4v) is 4.35. The molecule has 0 radical (unpaired) electrons. The number of carbonyl (C=O) groups excluding carboxylic acids is 1. The van der Waals surface area contributed by atoms with Crippen LogP contribution in [0.3, 0.4) is 0 Å². The van der Waals surface area contributed by atoms with Gasteiger partial charge in [0.1, 0.15) is 4.21 Å². The van der Waals surface area contributed by atoms with Crippen molar-refractivity contribution in [2.45, 2.75) is 49.8 Å². The smallest absolute Gasteiger partial charge is 0.250 e. The maximum Gasteiger partial charge on any atom is 0.250 e. The first kappa shape index (κ1) is 19.1. The third-order valence-electron chi connectivity index (χ3n) is 3.67. The zero-order valence-electron chi connectivity index (χ0n) is 13.3. The number of amides is 1. The van der Waals surface area contributed by atoms with Crippen LogP contribution >= 0.6 is 11.3 Å². The molecule has 0 aliphatic heterocycles. The Morgan fingerprint density at radius 2 is 1.95 bits per heavy atom. The van der Waals surface area contributed by atoms with Crippen LogP contribution in [0.5, 0.6) is 0 Å². The SMILES string of the molecule is CCC(N)(CC)CNS(=O)(=O)c1ccc(CCNC(C)=O)s1. The molecule has 1 heterocycles. The van der Waals surface area contributed by atoms with Crippen LogP contribution in [-0.2, 0) is 21.2 Å². The van der Waals surface area contributed by atoms with E-state index in [1.807, 2.05) is 13.8 Å². The Kier molecular flexibility index (Phi) is 6.98. The Hall–Kier alpha value is -0.960. The van der Waals surface area contributed by atoms with Crippen LogP contribution in [-0.4, -0.2) is 33.0 Å². The highest BCUT2D eigenvalue weighted by atomic mass is 32.2. The third-order valence-corrected chi connectivity index (χ3v) is 6.71. The van der Waals surface area contributed by atoms with E-state index < -0.39 is 15.6 Å². The summed E-state index contributed by atoms with van der Waals surface area (Å²) in [7, 11) is -3.53. The van der Waals surface area contributed by atoms with Crippen molar-refractivity contribution in [3.05, 3.63) is 17.0 Å². The van der Waals surface area contributed by atoms with Crippen molar-refractivity contribution in [1.29, 1.82) is 0 Å². The summed E-state index contributed by atoms with van der Waals surface area (Å²) >= 11 is 1.21. The van der Waals surface area contributed by atoms with Gasteiger partial charge in [0.2, 0.25) is 15.9 Å². The summed E-state index contributed by atoms with van der Waals surface area (Å²) in [5.74, 6) is -0.0931. The first-order valence-corrected chi connectivity index (χ1v) is 9.64. The van der Waals surface area contributed by atoms with Gasteiger partial charge in [-0.15, -0.1) is 11.3 Å². The fourth-order valence-electron chi connectivity index (χ4n) is 1.81. The number of rotatable bonds is 9. The molecule has 1 aromatic heterocycles. The van der Waals surface area contributed by atoms with Crippen LogP contribution in [0.15, 0.2) is 16.3 Å². The standard InChI is InChI=1S/C14H25N3O3S2/c1-4-14(15,5-2)10-17-22(19,20)13-7-6-12(21-13)8-9-16-11(3)18/h6-7,17H,4-5,8-10,15H2,1-3H3,(H,16,18). The molecule has 0 fully saturated rings. The lowest BCUT2D eigenvalue weighted by Crippen LogP contribution is -2.49. The van der Waals surface area contributed by atoms with E-state index in [0.717, 1.165) is 4.88 Å². The number of hydrogen-bond acceptors (Lipinski definition) is 5. The molecule has 0 aliphatic rings. The van der Waals surface area contributed by atoms with Crippen LogP contribution in [0.1, 0.15) is 38.5 Å². The van der Waals surface area contributed by atoms with Gasteiger partial charge in [-0.25, -0.2) is 13.1 Å². The normalized spacial score (nSPS) is 12.4. The molecule has 4 N–H and O–H groups in total. The summed E-state index contributed by atoms with van der Waals surface area (Å²) in [6, 6.07) is 3.36. The highest BCUT2D eigenvalue weighted by Crippen LogP contribution is 2.22. The largest absolute Gasteiger partial charge is 0.356 e. The number of nitrogens with one attached hydrogen (secondary N) is 2. The lowest BCUT2D eigenvalue weighted by molar-refractivity contribution is -0.118. The molecule has 0 atom stereocenters. The van der Waals surface area contributed by atoms with Crippen LogP contribution in [0.2, 0.25) is 0 Å². The predicted octanol–water partition coefficient (Wildman–Crippen LogP) is 1.22. The average Bonchev–Trinajstić information content (AvgIpc) is 2.94. The molecule has 0 saturated heterocycles. The fraction of sp³-hybridized carbons (Fsp3) is 0.643. The monoisotopic (exact) mass is 347 g/mol. The summed E-state index contributed by atoms with van der Waals surface area (Å²) in [6.07, 6.45) is 2.03. The molecule has 0 saturated carbocycles. The molecule has 126 valence electrons. The van der Waals surface area contributed by atoms with Gasteiger partial charge in [0.15, 0.2) is 0 Å². The second-order valence-electron chi connectivity index (χ2n) is 5.35. The van der Waals surface area contributed by atoms with Crippen molar-refractivity contribution in [2.24, 2.45) is 5.73 Å². The molecule has 0 unspecified atom stereocenters. The van der Waals surface area contributed by atoms with Gasteiger partial charge >= 0.3 is 0 Å². The zero-order chi connectivity index (χ0) is 16.8. The van der Waals surface area contributed by atoms with E-state index in [2.05, 4.69) is 10.0 Å². The van der Waals surface area contributed by atoms with Crippen LogP contribution < -0.4 is 15.8 Å². The van der Waals surface area contributed by atoms with Crippen molar-refractivity contribution < 1.29 is 13.2 Å². The van der Waals surface area contributed by atoms with Gasteiger partial charge in [-0.1, -0.05) is 13.8 Å². The second-order valence-corrected chi connectivity index (χ2v) is 8.51. The van der Waals surface area contributed by atoms with Crippen molar-refractivity contribution in [1.82, 2.24) is 10.0 Å². The molecule has 0 aromatic carbocycles. The number of hydrogen-bond donors (Lipinski definition) is 3. The van der Waals surface area contributed by atoms with E-state index in [-0.39, 0.29) is 16.7 Å². The Morgan fingerprint density at radius 1 is 1.32 bits per heavy atom. The van der Waals surface area contributed by atoms with Crippen LogP contribution in [0.4, 0.5) is 0 Å². The van der Waals surface area contributed by atoms with Gasteiger partial charge in [-0.3, -0.25) is 4.79 Å². The van der Waals surface area contributed by atoms with Gasteiger partial charge < -0.3 is 11.1 Å². The van der Waals surface area contributed by atoms with E-state index in [1.54, 1.807) is 12.1 Å². The summed E-state index contributed by atoms with van der Waals surface area (Å²) in [6.45, 7) is 6.07. The van der Waals surface area contributed by atoms with Crippen molar-refractivity contribution in [3.63, 3.8) is 0 Å². The quantitative estimate of drug-likeness (QED) is 0.625. The van der Waals surface area contributed by atoms with Gasteiger partial charge in [-0.2, -0.15) is 0 Å². The van der Waals surface area contributed by atoms with E-state index in [1.165, 1.54) is 18.3 Å². The highest BCUT2D eigenvalue weighted by molar-refractivity contribution is 7.91. The number of nitrogens with two attached hydrogens (primary N) is 1. The maximum atomic E-state index is 12.3. The van der Waals surface area contributed by atoms with Gasteiger partial charge in [0, 0.05) is 30.4 Å². The van der Waals surface area contributed by atoms with Gasteiger partial charge in [0.25, 0.3) is 0 Å². The third kappa shape index (κ3) is 5.68. The van der Waals surface area contributed by atoms with Gasteiger partial charge in [0.05, 0.1) is 0 Å². The Bertz CT molecular complexity index is 592. The summed E-state index contributed by atoms with van der Waals surface area (Å²) < 4.78 is 27.4. The minimum atomic E-state index is -3.53. The average molecular weight is 348 g/mol. The molecule has 8 heteroatoms. The molecule has 0 bridgehead atoms. The molecular formula is C14H25N3O3S2. The molecule has 0 aliphatic carbocycles. The van der Waals surface area contributed by atoms with E-state index in [0.29, 0.717) is 25.8 Å². The lowest BCUT2D eigenvalue weighted by atomic mass is 9.95. The number of sulfonamides is 1. The Balaban J connectivity index is 2.66. The molecule has 0 spiro atoms. The molecule has 22 heavy (non-hydrogen) atoms. The minimum absolute atomic E-state index is 0.0931. The van der Waals surface area contributed by atoms with Crippen LogP contribution in [0.25, 0.3) is 0 Å². The minimum Gasteiger partial charge on any atom is -0.356 e. The zero-order valence-corrected chi connectivity index (χ0v) is 14.9. The topological polar surface area (TPSA) is 101 Å². The van der Waals surface area contributed by atoms with Gasteiger partial charge in [-0.05, 0) is 31.4 Å². The molecular weight excluding hydrogens is 322 g/mol. The predicted molar refractivity (Wildman–Crippen MR) is 89.4 cm³/mol. The summed E-state index contributed by atoms with van der Waals surface area (Å²) in [4.78, 5) is 11.7. The number of carbonyl (C=O) groups is 1. The number of thiophene rings is 1. The van der Waals surface area contributed by atoms with Crippen molar-refractivity contribution in [3.8, 4) is 0 Å². The molecule has 6 nitrogen and oxygen atoms in total. The van der Waals surface area contributed by atoms with E-state index in [9.17, 15) is 13.2 Å². The second kappa shape index (κ2) is 8.05. The van der Waals surface area contributed by atoms with E-state index in [4.69, 9.17) is 5.73 Å². The molecule has 1 amide bonds. The van der Waals surface area contributed by atoms with Crippen molar-refractivity contribution >= 4 is 27.3 Å². The molecule has 1 rings (SSSR count).